The summed E-state index contributed by atoms with van der Waals surface area (Å²) in [5.74, 6) is 0.549. The fourth-order valence-electron chi connectivity index (χ4n) is 2.58. The van der Waals surface area contributed by atoms with Gasteiger partial charge in [-0.25, -0.2) is 0 Å². The molecule has 0 radical (unpaired) electrons. The van der Waals surface area contributed by atoms with Crippen molar-refractivity contribution in [3.05, 3.63) is 33.3 Å². The largest absolute Gasteiger partial charge is 0.401 e. The van der Waals surface area contributed by atoms with Gasteiger partial charge in [0, 0.05) is 42.2 Å². The SMILES string of the molecule is CN=C(NCc1ccc(Br)cc1Cl)NC1CCN(CC(F)(F)F)C1.I. The fraction of sp³-hybridized carbons (Fsp3) is 0.533. The zero-order valence-corrected chi connectivity index (χ0v) is 18.2. The summed E-state index contributed by atoms with van der Waals surface area (Å²) in [5.41, 5.74) is 0.910. The highest BCUT2D eigenvalue weighted by Crippen LogP contribution is 2.21. The molecule has 2 rings (SSSR count). The van der Waals surface area contributed by atoms with Gasteiger partial charge in [-0.05, 0) is 24.1 Å². The van der Waals surface area contributed by atoms with Crippen LogP contribution in [0, 0.1) is 0 Å². The minimum atomic E-state index is -4.16. The Morgan fingerprint density at radius 1 is 1.44 bits per heavy atom. The first kappa shape index (κ1) is 22.8. The van der Waals surface area contributed by atoms with Gasteiger partial charge in [0.2, 0.25) is 0 Å². The molecule has 1 aromatic rings. The lowest BCUT2D eigenvalue weighted by Gasteiger charge is -2.20. The Labute approximate surface area is 175 Å². The molecule has 142 valence electrons. The van der Waals surface area contributed by atoms with Crippen LogP contribution in [0.3, 0.4) is 0 Å². The van der Waals surface area contributed by atoms with Crippen molar-refractivity contribution in [3.63, 3.8) is 0 Å². The van der Waals surface area contributed by atoms with Crippen molar-refractivity contribution in [2.75, 3.05) is 26.7 Å². The average molecular weight is 556 g/mol. The van der Waals surface area contributed by atoms with Gasteiger partial charge in [0.05, 0.1) is 6.54 Å². The lowest BCUT2D eigenvalue weighted by atomic mass is 10.2. The van der Waals surface area contributed by atoms with E-state index in [0.717, 1.165) is 10.0 Å². The Morgan fingerprint density at radius 2 is 2.16 bits per heavy atom. The van der Waals surface area contributed by atoms with E-state index in [4.69, 9.17) is 11.6 Å². The highest BCUT2D eigenvalue weighted by molar-refractivity contribution is 14.0. The number of nitrogens with zero attached hydrogens (tertiary/aromatic N) is 2. The average Bonchev–Trinajstić information content (AvgIpc) is 2.89. The van der Waals surface area contributed by atoms with Crippen LogP contribution in [0.2, 0.25) is 5.02 Å². The third kappa shape index (κ3) is 7.88. The molecule has 1 atom stereocenters. The third-order valence-electron chi connectivity index (χ3n) is 3.70. The van der Waals surface area contributed by atoms with Gasteiger partial charge < -0.3 is 10.6 Å². The first-order valence-corrected chi connectivity index (χ1v) is 8.64. The van der Waals surface area contributed by atoms with Crippen LogP contribution in [0.15, 0.2) is 27.7 Å². The minimum Gasteiger partial charge on any atom is -0.352 e. The molecule has 0 aromatic heterocycles. The topological polar surface area (TPSA) is 39.7 Å². The lowest BCUT2D eigenvalue weighted by molar-refractivity contribution is -0.143. The number of rotatable bonds is 4. The highest BCUT2D eigenvalue weighted by atomic mass is 127. The fourth-order valence-corrected chi connectivity index (χ4v) is 3.32. The number of benzene rings is 1. The second-order valence-electron chi connectivity index (χ2n) is 5.64. The maximum atomic E-state index is 12.4. The van der Waals surface area contributed by atoms with Crippen molar-refractivity contribution in [3.8, 4) is 0 Å². The summed E-state index contributed by atoms with van der Waals surface area (Å²) in [4.78, 5) is 5.51. The summed E-state index contributed by atoms with van der Waals surface area (Å²) in [6, 6.07) is 5.54. The van der Waals surface area contributed by atoms with E-state index in [0.29, 0.717) is 37.0 Å². The molecular weight excluding hydrogens is 535 g/mol. The number of halogens is 6. The van der Waals surface area contributed by atoms with Crippen LogP contribution in [0.1, 0.15) is 12.0 Å². The van der Waals surface area contributed by atoms with E-state index in [1.54, 1.807) is 13.1 Å². The number of aliphatic imine (C=N–C) groups is 1. The Bertz CT molecular complexity index is 601. The predicted molar refractivity (Wildman–Crippen MR) is 109 cm³/mol. The molecule has 0 saturated carbocycles. The summed E-state index contributed by atoms with van der Waals surface area (Å²) in [5, 5.41) is 6.92. The summed E-state index contributed by atoms with van der Waals surface area (Å²) >= 11 is 9.51. The van der Waals surface area contributed by atoms with Crippen molar-refractivity contribution < 1.29 is 13.2 Å². The molecule has 2 N–H and O–H groups in total. The molecule has 0 amide bonds. The molecule has 10 heteroatoms. The van der Waals surface area contributed by atoms with Gasteiger partial charge in [-0.2, -0.15) is 13.2 Å². The van der Waals surface area contributed by atoms with Crippen molar-refractivity contribution >= 4 is 57.5 Å². The zero-order chi connectivity index (χ0) is 17.7. The molecule has 1 aromatic carbocycles. The first-order chi connectivity index (χ1) is 11.3. The van der Waals surface area contributed by atoms with Crippen LogP contribution in [-0.2, 0) is 6.54 Å². The number of hydrogen-bond donors (Lipinski definition) is 2. The standard InChI is InChI=1S/C15H19BrClF3N4.HI/c1-21-14(22-7-10-2-3-11(16)6-13(10)17)23-12-4-5-24(8-12)9-15(18,19)20;/h2-3,6,12H,4-5,7-9H2,1H3,(H2,21,22,23);1H. The molecule has 0 aliphatic carbocycles. The minimum absolute atomic E-state index is 0. The first-order valence-electron chi connectivity index (χ1n) is 7.47. The third-order valence-corrected chi connectivity index (χ3v) is 4.55. The van der Waals surface area contributed by atoms with Crippen LogP contribution < -0.4 is 10.6 Å². The molecule has 1 heterocycles. The quantitative estimate of drug-likeness (QED) is 0.335. The van der Waals surface area contributed by atoms with Crippen LogP contribution in [0.5, 0.6) is 0 Å². The molecule has 1 aliphatic rings. The van der Waals surface area contributed by atoms with Gasteiger partial charge in [0.15, 0.2) is 5.96 Å². The summed E-state index contributed by atoms with van der Waals surface area (Å²) in [6.45, 7) is 0.377. The van der Waals surface area contributed by atoms with Crippen LogP contribution in [-0.4, -0.2) is 49.8 Å². The molecule has 25 heavy (non-hydrogen) atoms. The highest BCUT2D eigenvalue weighted by Gasteiger charge is 2.34. The number of likely N-dealkylation sites (tertiary alicyclic amines) is 1. The van der Waals surface area contributed by atoms with E-state index in [1.165, 1.54) is 4.90 Å². The van der Waals surface area contributed by atoms with Gasteiger partial charge in [0.25, 0.3) is 0 Å². The smallest absolute Gasteiger partial charge is 0.352 e. The van der Waals surface area contributed by atoms with E-state index in [1.807, 2.05) is 12.1 Å². The van der Waals surface area contributed by atoms with E-state index in [-0.39, 0.29) is 30.0 Å². The molecule has 1 unspecified atom stereocenters. The second kappa shape index (κ2) is 10.2. The summed E-state index contributed by atoms with van der Waals surface area (Å²) in [7, 11) is 1.63. The predicted octanol–water partition coefficient (Wildman–Crippen LogP) is 4.02. The second-order valence-corrected chi connectivity index (χ2v) is 6.96. The molecule has 1 fully saturated rings. The van der Waals surface area contributed by atoms with Crippen LogP contribution in [0.4, 0.5) is 13.2 Å². The number of guanidine groups is 1. The number of hydrogen-bond acceptors (Lipinski definition) is 2. The Morgan fingerprint density at radius 3 is 2.76 bits per heavy atom. The van der Waals surface area contributed by atoms with E-state index in [2.05, 4.69) is 31.6 Å². The Kier molecular flexibility index (Phi) is 9.27. The maximum absolute atomic E-state index is 12.4. The van der Waals surface area contributed by atoms with Crippen molar-refractivity contribution in [1.82, 2.24) is 15.5 Å². The van der Waals surface area contributed by atoms with Gasteiger partial charge in [-0.3, -0.25) is 9.89 Å². The van der Waals surface area contributed by atoms with Gasteiger partial charge in [0.1, 0.15) is 0 Å². The number of alkyl halides is 3. The normalized spacial score (nSPS) is 18.8. The molecule has 0 spiro atoms. The molecule has 1 aliphatic heterocycles. The van der Waals surface area contributed by atoms with Gasteiger partial charge in [-0.1, -0.05) is 33.6 Å². The maximum Gasteiger partial charge on any atom is 0.401 e. The van der Waals surface area contributed by atoms with Crippen molar-refractivity contribution in [2.45, 2.75) is 25.2 Å². The van der Waals surface area contributed by atoms with Gasteiger partial charge >= 0.3 is 6.18 Å². The summed E-state index contributed by atoms with van der Waals surface area (Å²) < 4.78 is 38.2. The van der Waals surface area contributed by atoms with Crippen molar-refractivity contribution in [1.29, 1.82) is 0 Å². The zero-order valence-electron chi connectivity index (χ0n) is 13.5. The molecule has 4 nitrogen and oxygen atoms in total. The lowest BCUT2D eigenvalue weighted by Crippen LogP contribution is -2.44. The Hall–Kier alpha value is -0.260. The van der Waals surface area contributed by atoms with Gasteiger partial charge in [-0.15, -0.1) is 24.0 Å². The molecule has 1 saturated heterocycles. The summed E-state index contributed by atoms with van der Waals surface area (Å²) in [6.07, 6.45) is -3.51. The van der Waals surface area contributed by atoms with Crippen molar-refractivity contribution in [2.24, 2.45) is 4.99 Å². The van der Waals surface area contributed by atoms with Crippen LogP contribution in [0.25, 0.3) is 0 Å². The Balaban J connectivity index is 0.00000312. The number of nitrogens with one attached hydrogen (secondary N) is 2. The van der Waals surface area contributed by atoms with E-state index in [9.17, 15) is 13.2 Å². The molecule has 0 bridgehead atoms. The van der Waals surface area contributed by atoms with E-state index < -0.39 is 12.7 Å². The monoisotopic (exact) mass is 554 g/mol. The van der Waals surface area contributed by atoms with Crippen LogP contribution >= 0.6 is 51.5 Å². The molecular formula is C15H20BrClF3IN4. The van der Waals surface area contributed by atoms with E-state index >= 15 is 0 Å².